The van der Waals surface area contributed by atoms with Crippen LogP contribution < -0.4 is 4.74 Å². The van der Waals surface area contributed by atoms with Gasteiger partial charge in [0.05, 0.1) is 19.9 Å². The van der Waals surface area contributed by atoms with Crippen LogP contribution in [0.4, 0.5) is 22.0 Å². The average molecular weight is 299 g/mol. The van der Waals surface area contributed by atoms with Gasteiger partial charge in [-0.3, -0.25) is 4.98 Å². The van der Waals surface area contributed by atoms with Gasteiger partial charge in [-0.25, -0.2) is 13.6 Å². The Kier molecular flexibility index (Phi) is 4.85. The summed E-state index contributed by atoms with van der Waals surface area (Å²) < 4.78 is 73.3. The number of carbonyl (C=O) groups is 1. The summed E-state index contributed by atoms with van der Waals surface area (Å²) in [6.45, 7) is 1.07. The van der Waals surface area contributed by atoms with Crippen molar-refractivity contribution >= 4 is 5.97 Å². The smallest absolute Gasteiger partial charge is 0.420 e. The lowest BCUT2D eigenvalue weighted by Gasteiger charge is -2.17. The van der Waals surface area contributed by atoms with Crippen LogP contribution in [0.5, 0.6) is 5.75 Å². The van der Waals surface area contributed by atoms with E-state index in [2.05, 4.69) is 14.5 Å². The quantitative estimate of drug-likeness (QED) is 0.632. The van der Waals surface area contributed by atoms with Gasteiger partial charge < -0.3 is 9.47 Å². The van der Waals surface area contributed by atoms with E-state index in [1.54, 1.807) is 0 Å². The number of methoxy groups -OCH3 is 1. The number of esters is 1. The minimum absolute atomic E-state index is 0.268. The van der Waals surface area contributed by atoms with Crippen molar-refractivity contribution in [3.63, 3.8) is 0 Å². The first-order valence-corrected chi connectivity index (χ1v) is 5.33. The van der Waals surface area contributed by atoms with Crippen molar-refractivity contribution in [1.82, 2.24) is 4.98 Å². The third-order valence-corrected chi connectivity index (χ3v) is 2.26. The van der Waals surface area contributed by atoms with E-state index in [9.17, 15) is 26.7 Å². The van der Waals surface area contributed by atoms with Gasteiger partial charge in [0.1, 0.15) is 22.6 Å². The largest absolute Gasteiger partial charge is 0.494 e. The molecule has 0 unspecified atom stereocenters. The molecule has 0 bridgehead atoms. The monoisotopic (exact) mass is 299 g/mol. The number of carbonyl (C=O) groups excluding carboxylic acids is 1. The fourth-order valence-electron chi connectivity index (χ4n) is 1.52. The summed E-state index contributed by atoms with van der Waals surface area (Å²) >= 11 is 0. The third kappa shape index (κ3) is 3.14. The van der Waals surface area contributed by atoms with Gasteiger partial charge in [-0.05, 0) is 6.92 Å². The predicted molar refractivity (Wildman–Crippen MR) is 56.7 cm³/mol. The lowest BCUT2D eigenvalue weighted by molar-refractivity contribution is -0.139. The molecule has 0 saturated carbocycles. The second-order valence-corrected chi connectivity index (χ2v) is 3.48. The van der Waals surface area contributed by atoms with Gasteiger partial charge in [0.15, 0.2) is 0 Å². The number of hydrogen-bond donors (Lipinski definition) is 0. The Labute approximate surface area is 110 Å². The van der Waals surface area contributed by atoms with Crippen LogP contribution in [0.1, 0.15) is 35.0 Å². The number of aromatic nitrogens is 1. The van der Waals surface area contributed by atoms with Crippen LogP contribution in [0.3, 0.4) is 0 Å². The maximum atomic E-state index is 13.0. The van der Waals surface area contributed by atoms with E-state index in [1.165, 1.54) is 6.92 Å². The minimum atomic E-state index is -5.07. The van der Waals surface area contributed by atoms with Crippen molar-refractivity contribution in [3.8, 4) is 5.75 Å². The van der Waals surface area contributed by atoms with Crippen LogP contribution in [-0.4, -0.2) is 24.7 Å². The van der Waals surface area contributed by atoms with Crippen LogP contribution in [0, 0.1) is 0 Å². The standard InChI is InChI=1S/C11H10F5NO3/c1-3-20-10(18)6-7(11(14,15)16)5(19-2)4-17-8(6)9(12)13/h4,9H,3H2,1-2H3. The van der Waals surface area contributed by atoms with E-state index < -0.39 is 41.1 Å². The van der Waals surface area contributed by atoms with Gasteiger partial charge in [0.25, 0.3) is 6.43 Å². The molecular formula is C11H10F5NO3. The number of nitrogens with zero attached hydrogens (tertiary/aromatic N) is 1. The van der Waals surface area contributed by atoms with Crippen LogP contribution in [0.25, 0.3) is 0 Å². The molecule has 1 aromatic heterocycles. The molecule has 4 nitrogen and oxygen atoms in total. The summed E-state index contributed by atoms with van der Waals surface area (Å²) in [6, 6.07) is 0. The second-order valence-electron chi connectivity index (χ2n) is 3.48. The van der Waals surface area contributed by atoms with Gasteiger partial charge in [-0.1, -0.05) is 0 Å². The first kappa shape index (κ1) is 16.1. The van der Waals surface area contributed by atoms with E-state index in [0.29, 0.717) is 6.20 Å². The fraction of sp³-hybridized carbons (Fsp3) is 0.455. The van der Waals surface area contributed by atoms with Gasteiger partial charge >= 0.3 is 12.1 Å². The Balaban J connectivity index is 3.65. The van der Waals surface area contributed by atoms with Gasteiger partial charge in [-0.2, -0.15) is 13.2 Å². The number of halogens is 5. The number of hydrogen-bond acceptors (Lipinski definition) is 4. The SMILES string of the molecule is CCOC(=O)c1c(C(F)F)ncc(OC)c1C(F)(F)F. The van der Waals surface area contributed by atoms with Gasteiger partial charge in [0, 0.05) is 0 Å². The van der Waals surface area contributed by atoms with Crippen molar-refractivity contribution < 1.29 is 36.2 Å². The minimum Gasteiger partial charge on any atom is -0.494 e. The molecule has 0 N–H and O–H groups in total. The summed E-state index contributed by atoms with van der Waals surface area (Å²) in [6.07, 6.45) is -7.94. The van der Waals surface area contributed by atoms with Crippen molar-refractivity contribution in [1.29, 1.82) is 0 Å². The summed E-state index contributed by atoms with van der Waals surface area (Å²) in [7, 11) is 0.906. The molecular weight excluding hydrogens is 289 g/mol. The number of alkyl halides is 5. The van der Waals surface area contributed by atoms with Crippen molar-refractivity contribution in [3.05, 3.63) is 23.0 Å². The summed E-state index contributed by atoms with van der Waals surface area (Å²) in [5, 5.41) is 0. The number of ether oxygens (including phenoxy) is 2. The average Bonchev–Trinajstić information content (AvgIpc) is 2.35. The van der Waals surface area contributed by atoms with E-state index in [1.807, 2.05) is 0 Å². The van der Waals surface area contributed by atoms with Crippen LogP contribution in [-0.2, 0) is 10.9 Å². The lowest BCUT2D eigenvalue weighted by atomic mass is 10.0. The fourth-order valence-corrected chi connectivity index (χ4v) is 1.52. The molecule has 0 aliphatic carbocycles. The lowest BCUT2D eigenvalue weighted by Crippen LogP contribution is -2.20. The zero-order valence-electron chi connectivity index (χ0n) is 10.4. The van der Waals surface area contributed by atoms with Crippen LogP contribution in [0.15, 0.2) is 6.20 Å². The third-order valence-electron chi connectivity index (χ3n) is 2.26. The number of rotatable bonds is 4. The first-order chi connectivity index (χ1) is 9.23. The molecule has 9 heteroatoms. The Morgan fingerprint density at radius 2 is 2.00 bits per heavy atom. The Morgan fingerprint density at radius 1 is 1.40 bits per heavy atom. The summed E-state index contributed by atoms with van der Waals surface area (Å²) in [5.74, 6) is -2.36. The Morgan fingerprint density at radius 3 is 2.40 bits per heavy atom. The maximum absolute atomic E-state index is 13.0. The van der Waals surface area contributed by atoms with E-state index in [-0.39, 0.29) is 6.61 Å². The highest BCUT2D eigenvalue weighted by Crippen LogP contribution is 2.41. The molecule has 0 atom stereocenters. The summed E-state index contributed by atoms with van der Waals surface area (Å²) in [4.78, 5) is 14.7. The molecule has 1 aromatic rings. The Bertz CT molecular complexity index is 502. The topological polar surface area (TPSA) is 48.4 Å². The van der Waals surface area contributed by atoms with Gasteiger partial charge in [-0.15, -0.1) is 0 Å². The molecule has 0 amide bonds. The van der Waals surface area contributed by atoms with Crippen LogP contribution >= 0.6 is 0 Å². The molecule has 112 valence electrons. The van der Waals surface area contributed by atoms with Crippen LogP contribution in [0.2, 0.25) is 0 Å². The van der Waals surface area contributed by atoms with Crippen molar-refractivity contribution in [2.24, 2.45) is 0 Å². The van der Waals surface area contributed by atoms with E-state index in [4.69, 9.17) is 0 Å². The molecule has 20 heavy (non-hydrogen) atoms. The normalized spacial score (nSPS) is 11.6. The number of pyridine rings is 1. The highest BCUT2D eigenvalue weighted by molar-refractivity contribution is 5.93. The summed E-state index contributed by atoms with van der Waals surface area (Å²) in [5.41, 5.74) is -4.24. The van der Waals surface area contributed by atoms with Gasteiger partial charge in [0.2, 0.25) is 0 Å². The van der Waals surface area contributed by atoms with Crippen molar-refractivity contribution in [2.75, 3.05) is 13.7 Å². The molecule has 0 radical (unpaired) electrons. The van der Waals surface area contributed by atoms with E-state index >= 15 is 0 Å². The molecule has 0 spiro atoms. The first-order valence-electron chi connectivity index (χ1n) is 5.33. The van der Waals surface area contributed by atoms with E-state index in [0.717, 1.165) is 7.11 Å². The molecule has 0 fully saturated rings. The molecule has 1 rings (SSSR count). The highest BCUT2D eigenvalue weighted by Gasteiger charge is 2.42. The molecule has 0 aromatic carbocycles. The maximum Gasteiger partial charge on any atom is 0.420 e. The predicted octanol–water partition coefficient (Wildman–Crippen LogP) is 3.22. The second kappa shape index (κ2) is 6.02. The zero-order chi connectivity index (χ0) is 15.5. The van der Waals surface area contributed by atoms with Crippen molar-refractivity contribution in [2.45, 2.75) is 19.5 Å². The molecule has 0 aliphatic heterocycles. The molecule has 0 saturated heterocycles. The molecule has 1 heterocycles. The Hall–Kier alpha value is -1.93. The molecule has 0 aliphatic rings. The highest BCUT2D eigenvalue weighted by atomic mass is 19.4. The zero-order valence-corrected chi connectivity index (χ0v) is 10.4.